The van der Waals surface area contributed by atoms with Crippen LogP contribution in [0.5, 0.6) is 0 Å². The highest BCUT2D eigenvalue weighted by atomic mass is 79.9. The van der Waals surface area contributed by atoms with E-state index >= 15 is 0 Å². The molecule has 0 amide bonds. The normalized spacial score (nSPS) is 25.2. The summed E-state index contributed by atoms with van der Waals surface area (Å²) < 4.78 is 26.3. The van der Waals surface area contributed by atoms with Crippen LogP contribution in [0.1, 0.15) is 6.42 Å². The van der Waals surface area contributed by atoms with Crippen molar-refractivity contribution in [3.05, 3.63) is 0 Å². The molecule has 0 aliphatic carbocycles. The molecular weight excluding hydrogens is 232 g/mol. The molecular formula is C5H11BrN2O2S. The molecule has 0 unspecified atom stereocenters. The van der Waals surface area contributed by atoms with E-state index in [1.54, 1.807) is 0 Å². The zero-order valence-corrected chi connectivity index (χ0v) is 8.49. The highest BCUT2D eigenvalue weighted by molar-refractivity contribution is 9.09. The minimum atomic E-state index is -3.13. The van der Waals surface area contributed by atoms with E-state index in [-0.39, 0.29) is 0 Å². The van der Waals surface area contributed by atoms with Crippen LogP contribution < -0.4 is 4.72 Å². The molecule has 6 heteroatoms. The predicted molar refractivity (Wildman–Crippen MR) is 46.9 cm³/mol. The first-order valence-electron chi connectivity index (χ1n) is 3.47. The topological polar surface area (TPSA) is 49.4 Å². The number of hydrogen-bond donors (Lipinski definition) is 1. The summed E-state index contributed by atoms with van der Waals surface area (Å²) in [4.78, 5) is 0. The molecule has 66 valence electrons. The molecule has 4 nitrogen and oxygen atoms in total. The maximum absolute atomic E-state index is 11.2. The Hall–Kier alpha value is 0.350. The van der Waals surface area contributed by atoms with E-state index in [0.717, 1.165) is 6.42 Å². The molecule has 0 aromatic carbocycles. The van der Waals surface area contributed by atoms with Gasteiger partial charge in [0.2, 0.25) is 0 Å². The van der Waals surface area contributed by atoms with Gasteiger partial charge in [-0.3, -0.25) is 0 Å². The largest absolute Gasteiger partial charge is 0.279 e. The maximum atomic E-state index is 11.2. The lowest BCUT2D eigenvalue weighted by molar-refractivity contribution is 0.391. The Morgan fingerprint density at radius 2 is 2.27 bits per heavy atom. The van der Waals surface area contributed by atoms with E-state index in [1.807, 2.05) is 0 Å². The van der Waals surface area contributed by atoms with Gasteiger partial charge in [0.25, 0.3) is 10.2 Å². The van der Waals surface area contributed by atoms with Crippen LogP contribution in [0.15, 0.2) is 0 Å². The number of hydrogen-bond acceptors (Lipinski definition) is 2. The molecule has 11 heavy (non-hydrogen) atoms. The Kier molecular flexibility index (Phi) is 3.29. The summed E-state index contributed by atoms with van der Waals surface area (Å²) in [5.41, 5.74) is 0. The van der Waals surface area contributed by atoms with Crippen LogP contribution in [-0.2, 0) is 10.2 Å². The molecule has 1 saturated heterocycles. The summed E-state index contributed by atoms with van der Waals surface area (Å²) in [6, 6.07) is 0. The summed E-state index contributed by atoms with van der Waals surface area (Å²) in [7, 11) is -3.13. The van der Waals surface area contributed by atoms with E-state index in [9.17, 15) is 8.42 Å². The van der Waals surface area contributed by atoms with Gasteiger partial charge in [0.1, 0.15) is 0 Å². The summed E-state index contributed by atoms with van der Waals surface area (Å²) >= 11 is 3.20. The van der Waals surface area contributed by atoms with Crippen LogP contribution in [0.25, 0.3) is 0 Å². The Morgan fingerprint density at radius 3 is 2.82 bits per heavy atom. The summed E-state index contributed by atoms with van der Waals surface area (Å²) in [5.74, 6) is 0. The highest BCUT2D eigenvalue weighted by Gasteiger charge is 2.23. The first kappa shape index (κ1) is 9.44. The smallest absolute Gasteiger partial charge is 0.202 e. The van der Waals surface area contributed by atoms with Crippen molar-refractivity contribution >= 4 is 26.1 Å². The van der Waals surface area contributed by atoms with Gasteiger partial charge in [-0.25, -0.2) is 4.72 Å². The van der Waals surface area contributed by atoms with Gasteiger partial charge in [0.05, 0.1) is 0 Å². The second-order valence-corrected chi connectivity index (χ2v) is 4.89. The second kappa shape index (κ2) is 3.84. The summed E-state index contributed by atoms with van der Waals surface area (Å²) in [5, 5.41) is 0.688. The van der Waals surface area contributed by atoms with Crippen molar-refractivity contribution in [2.45, 2.75) is 6.42 Å². The van der Waals surface area contributed by atoms with E-state index in [2.05, 4.69) is 20.7 Å². The second-order valence-electron chi connectivity index (χ2n) is 2.34. The molecule has 0 atom stereocenters. The minimum Gasteiger partial charge on any atom is -0.202 e. The van der Waals surface area contributed by atoms with E-state index in [1.165, 1.54) is 4.31 Å². The molecule has 0 spiro atoms. The van der Waals surface area contributed by atoms with E-state index in [4.69, 9.17) is 0 Å². The number of halogens is 1. The van der Waals surface area contributed by atoms with Crippen molar-refractivity contribution in [2.24, 2.45) is 0 Å². The zero-order chi connectivity index (χ0) is 8.32. The average Bonchev–Trinajstić information content (AvgIpc) is 1.94. The van der Waals surface area contributed by atoms with Crippen LogP contribution in [0.4, 0.5) is 0 Å². The third kappa shape index (κ3) is 2.40. The molecule has 1 fully saturated rings. The fraction of sp³-hybridized carbons (Fsp3) is 1.00. The first-order chi connectivity index (χ1) is 5.17. The standard InChI is InChI=1S/C5H11BrN2O2S/c6-2-5-8-4-1-3-7-11(8,9)10/h7H,1-5H2. The van der Waals surface area contributed by atoms with Gasteiger partial charge in [-0.15, -0.1) is 0 Å². The molecule has 0 bridgehead atoms. The number of nitrogens with zero attached hydrogens (tertiary/aromatic N) is 1. The zero-order valence-electron chi connectivity index (χ0n) is 6.09. The van der Waals surface area contributed by atoms with E-state index < -0.39 is 10.2 Å². The van der Waals surface area contributed by atoms with Crippen molar-refractivity contribution < 1.29 is 8.42 Å². The average molecular weight is 243 g/mol. The molecule has 1 rings (SSSR count). The lowest BCUT2D eigenvalue weighted by Crippen LogP contribution is -2.47. The highest BCUT2D eigenvalue weighted by Crippen LogP contribution is 2.05. The van der Waals surface area contributed by atoms with Crippen LogP contribution in [0, 0.1) is 0 Å². The van der Waals surface area contributed by atoms with Gasteiger partial charge in [-0.2, -0.15) is 12.7 Å². The maximum Gasteiger partial charge on any atom is 0.279 e. The Labute approximate surface area is 75.3 Å². The minimum absolute atomic E-state index is 0.551. The lowest BCUT2D eigenvalue weighted by Gasteiger charge is -2.25. The molecule has 1 aliphatic rings. The van der Waals surface area contributed by atoms with Gasteiger partial charge in [0.15, 0.2) is 0 Å². The van der Waals surface area contributed by atoms with Crippen LogP contribution in [0.2, 0.25) is 0 Å². The number of alkyl halides is 1. The Balaban J connectivity index is 2.60. The molecule has 0 aromatic rings. The van der Waals surface area contributed by atoms with Gasteiger partial charge < -0.3 is 0 Å². The quantitative estimate of drug-likeness (QED) is 0.690. The Bertz CT molecular complexity index is 215. The van der Waals surface area contributed by atoms with Gasteiger partial charge in [-0.1, -0.05) is 15.9 Å². The van der Waals surface area contributed by atoms with Crippen molar-refractivity contribution in [2.75, 3.05) is 25.0 Å². The van der Waals surface area contributed by atoms with Gasteiger partial charge in [-0.05, 0) is 6.42 Å². The fourth-order valence-electron chi connectivity index (χ4n) is 0.994. The molecule has 0 saturated carbocycles. The summed E-state index contributed by atoms with van der Waals surface area (Å²) in [6.07, 6.45) is 0.895. The first-order valence-corrected chi connectivity index (χ1v) is 6.03. The van der Waals surface area contributed by atoms with Crippen LogP contribution in [-0.4, -0.2) is 37.7 Å². The third-order valence-electron chi connectivity index (χ3n) is 1.54. The summed E-state index contributed by atoms with van der Waals surface area (Å²) in [6.45, 7) is 1.76. The Morgan fingerprint density at radius 1 is 1.55 bits per heavy atom. The molecule has 0 radical (unpaired) electrons. The van der Waals surface area contributed by atoms with Crippen LogP contribution in [0.3, 0.4) is 0 Å². The van der Waals surface area contributed by atoms with E-state index in [0.29, 0.717) is 25.0 Å². The SMILES string of the molecule is O=S1(=O)NCCCN1CCBr. The molecule has 1 aliphatic heterocycles. The number of nitrogens with one attached hydrogen (secondary N) is 1. The fourth-order valence-corrected chi connectivity index (χ4v) is 2.94. The van der Waals surface area contributed by atoms with Gasteiger partial charge in [0, 0.05) is 25.0 Å². The molecule has 0 aromatic heterocycles. The third-order valence-corrected chi connectivity index (χ3v) is 3.51. The lowest BCUT2D eigenvalue weighted by atomic mass is 10.4. The number of rotatable bonds is 2. The monoisotopic (exact) mass is 242 g/mol. The van der Waals surface area contributed by atoms with Crippen molar-refractivity contribution in [1.29, 1.82) is 0 Å². The van der Waals surface area contributed by atoms with Crippen molar-refractivity contribution in [1.82, 2.24) is 9.03 Å². The van der Waals surface area contributed by atoms with Crippen LogP contribution >= 0.6 is 15.9 Å². The predicted octanol–water partition coefficient (Wildman–Crippen LogP) is -0.0786. The van der Waals surface area contributed by atoms with Crippen molar-refractivity contribution in [3.8, 4) is 0 Å². The molecule has 1 heterocycles. The van der Waals surface area contributed by atoms with Crippen molar-refractivity contribution in [3.63, 3.8) is 0 Å². The molecule has 1 N–H and O–H groups in total. The van der Waals surface area contributed by atoms with Gasteiger partial charge >= 0.3 is 0 Å².